The predicted octanol–water partition coefficient (Wildman–Crippen LogP) is 4.79. The lowest BCUT2D eigenvalue weighted by molar-refractivity contribution is -0.113. The van der Waals surface area contributed by atoms with Crippen LogP contribution in [-0.2, 0) is 4.79 Å². The third-order valence-electron chi connectivity index (χ3n) is 4.96. The average molecular weight is 481 g/mol. The lowest BCUT2D eigenvalue weighted by Crippen LogP contribution is -2.23. The third-order valence-corrected chi connectivity index (χ3v) is 6.31. The Balaban J connectivity index is 1.66. The molecule has 33 heavy (non-hydrogen) atoms. The highest BCUT2D eigenvalue weighted by molar-refractivity contribution is 7.99. The van der Waals surface area contributed by atoms with E-state index in [0.29, 0.717) is 38.3 Å². The van der Waals surface area contributed by atoms with E-state index >= 15 is 0 Å². The van der Waals surface area contributed by atoms with Gasteiger partial charge in [-0.3, -0.25) is 9.59 Å². The molecule has 0 saturated carbocycles. The molecule has 2 aromatic carbocycles. The topological polar surface area (TPSA) is 86.1 Å². The van der Waals surface area contributed by atoms with E-state index in [2.05, 4.69) is 15.3 Å². The molecule has 0 atom stereocenters. The zero-order valence-corrected chi connectivity index (χ0v) is 19.8. The van der Waals surface area contributed by atoms with Crippen molar-refractivity contribution in [3.05, 3.63) is 81.2 Å². The molecular weight excluding hydrogens is 460 g/mol. The van der Waals surface area contributed by atoms with Gasteiger partial charge in [0.05, 0.1) is 29.5 Å². The summed E-state index contributed by atoms with van der Waals surface area (Å²) in [6, 6.07) is 14.2. The lowest BCUT2D eigenvalue weighted by atomic mass is 10.2. The number of rotatable bonds is 6. The van der Waals surface area contributed by atoms with Crippen LogP contribution in [0.15, 0.2) is 64.7 Å². The molecule has 2 aromatic heterocycles. The van der Waals surface area contributed by atoms with Crippen molar-refractivity contribution in [3.63, 3.8) is 0 Å². The van der Waals surface area contributed by atoms with Crippen molar-refractivity contribution in [3.8, 4) is 11.6 Å². The molecule has 0 aliphatic heterocycles. The van der Waals surface area contributed by atoms with Gasteiger partial charge in [-0.15, -0.1) is 0 Å². The lowest BCUT2D eigenvalue weighted by Gasteiger charge is -2.14. The van der Waals surface area contributed by atoms with Crippen LogP contribution in [-0.4, -0.2) is 33.3 Å². The number of thioether (sulfide) groups is 1. The molecule has 1 N–H and O–H groups in total. The number of carbonyl (C=O) groups is 1. The number of anilines is 1. The summed E-state index contributed by atoms with van der Waals surface area (Å²) >= 11 is 7.31. The Labute approximate surface area is 199 Å². The Hall–Kier alpha value is -3.36. The maximum atomic E-state index is 13.3. The number of aromatic nitrogens is 3. The molecule has 0 radical (unpaired) electrons. The van der Waals surface area contributed by atoms with Gasteiger partial charge in [-0.25, -0.2) is 14.5 Å². The fourth-order valence-electron chi connectivity index (χ4n) is 3.30. The number of nitrogens with one attached hydrogen (secondary N) is 1. The number of aryl methyl sites for hydroxylation is 2. The van der Waals surface area contributed by atoms with Crippen LogP contribution in [0, 0.1) is 13.8 Å². The van der Waals surface area contributed by atoms with Gasteiger partial charge in [0.1, 0.15) is 11.6 Å². The molecule has 7 nitrogen and oxygen atoms in total. The molecule has 0 unspecified atom stereocenters. The van der Waals surface area contributed by atoms with Gasteiger partial charge in [-0.1, -0.05) is 35.5 Å². The number of pyridine rings is 1. The van der Waals surface area contributed by atoms with Crippen molar-refractivity contribution in [2.75, 3.05) is 18.2 Å². The summed E-state index contributed by atoms with van der Waals surface area (Å²) in [6.07, 6.45) is 1.64. The summed E-state index contributed by atoms with van der Waals surface area (Å²) in [7, 11) is 1.51. The first-order chi connectivity index (χ1) is 15.9. The smallest absolute Gasteiger partial charge is 0.267 e. The number of ether oxygens (including phenoxy) is 1. The van der Waals surface area contributed by atoms with Gasteiger partial charge in [-0.05, 0) is 55.3 Å². The van der Waals surface area contributed by atoms with Crippen LogP contribution in [0.2, 0.25) is 5.02 Å². The number of fused-ring (bicyclic) bond motifs is 1. The van der Waals surface area contributed by atoms with Crippen LogP contribution < -0.4 is 15.6 Å². The van der Waals surface area contributed by atoms with E-state index in [1.165, 1.54) is 11.7 Å². The summed E-state index contributed by atoms with van der Waals surface area (Å²) in [4.78, 5) is 35.0. The number of halogens is 1. The molecule has 168 valence electrons. The SMILES string of the molecule is COc1cc(Cl)c(C)cc1NC(=O)CSc1nc2ccccc2c(=O)n1-c1cc(C)ccn1. The first-order valence-electron chi connectivity index (χ1n) is 10.1. The van der Waals surface area contributed by atoms with E-state index in [4.69, 9.17) is 16.3 Å². The molecule has 1 amide bonds. The Bertz CT molecular complexity index is 1420. The zero-order chi connectivity index (χ0) is 23.5. The van der Waals surface area contributed by atoms with Crippen LogP contribution in [0.4, 0.5) is 5.69 Å². The van der Waals surface area contributed by atoms with Gasteiger partial charge in [0, 0.05) is 17.3 Å². The van der Waals surface area contributed by atoms with Gasteiger partial charge in [0.25, 0.3) is 5.56 Å². The van der Waals surface area contributed by atoms with Gasteiger partial charge >= 0.3 is 0 Å². The predicted molar refractivity (Wildman–Crippen MR) is 132 cm³/mol. The number of hydrogen-bond donors (Lipinski definition) is 1. The van der Waals surface area contributed by atoms with E-state index in [-0.39, 0.29) is 17.2 Å². The first kappa shape index (κ1) is 22.8. The summed E-state index contributed by atoms with van der Waals surface area (Å²) in [5.41, 5.74) is 2.62. The molecule has 2 heterocycles. The first-order valence-corrected chi connectivity index (χ1v) is 11.5. The molecule has 9 heteroatoms. The molecule has 0 fully saturated rings. The van der Waals surface area contributed by atoms with E-state index in [1.807, 2.05) is 32.0 Å². The second kappa shape index (κ2) is 9.64. The fraction of sp³-hybridized carbons (Fsp3) is 0.167. The minimum absolute atomic E-state index is 0.0292. The summed E-state index contributed by atoms with van der Waals surface area (Å²) in [5, 5.41) is 4.26. The number of methoxy groups -OCH3 is 1. The summed E-state index contributed by atoms with van der Waals surface area (Å²) < 4.78 is 6.77. The van der Waals surface area contributed by atoms with Gasteiger partial charge in [0.15, 0.2) is 5.16 Å². The highest BCUT2D eigenvalue weighted by Crippen LogP contribution is 2.31. The van der Waals surface area contributed by atoms with Crippen molar-refractivity contribution in [2.45, 2.75) is 19.0 Å². The van der Waals surface area contributed by atoms with Crippen molar-refractivity contribution in [1.29, 1.82) is 0 Å². The van der Waals surface area contributed by atoms with Crippen LogP contribution in [0.1, 0.15) is 11.1 Å². The standard InChI is InChI=1S/C24H21ClN4O3S/c1-14-8-9-26-21(10-14)29-23(31)16-6-4-5-7-18(16)28-24(29)33-13-22(30)27-19-11-15(2)17(25)12-20(19)32-3/h4-12H,13H2,1-3H3,(H,27,30). The monoisotopic (exact) mass is 480 g/mol. The zero-order valence-electron chi connectivity index (χ0n) is 18.3. The molecule has 0 aliphatic carbocycles. The van der Waals surface area contributed by atoms with Crippen molar-refractivity contribution in [2.24, 2.45) is 0 Å². The number of hydrogen-bond acceptors (Lipinski definition) is 6. The maximum absolute atomic E-state index is 13.3. The molecule has 4 aromatic rings. The number of para-hydroxylation sites is 1. The Kier molecular flexibility index (Phi) is 6.67. The molecule has 4 rings (SSSR count). The maximum Gasteiger partial charge on any atom is 0.267 e. The van der Waals surface area contributed by atoms with Crippen LogP contribution in [0.5, 0.6) is 5.75 Å². The van der Waals surface area contributed by atoms with Gasteiger partial charge < -0.3 is 10.1 Å². The molecular formula is C24H21ClN4O3S. The van der Waals surface area contributed by atoms with E-state index < -0.39 is 0 Å². The van der Waals surface area contributed by atoms with Crippen molar-refractivity contribution >= 4 is 45.9 Å². The van der Waals surface area contributed by atoms with E-state index in [1.54, 1.807) is 36.5 Å². The van der Waals surface area contributed by atoms with Crippen molar-refractivity contribution in [1.82, 2.24) is 14.5 Å². The quantitative estimate of drug-likeness (QED) is 0.315. The number of nitrogens with zero attached hydrogens (tertiary/aromatic N) is 3. The van der Waals surface area contributed by atoms with Crippen LogP contribution >= 0.6 is 23.4 Å². The Morgan fingerprint density at radius 3 is 2.73 bits per heavy atom. The second-order valence-corrected chi connectivity index (χ2v) is 8.73. The van der Waals surface area contributed by atoms with Gasteiger partial charge in [0.2, 0.25) is 5.91 Å². The van der Waals surface area contributed by atoms with E-state index in [9.17, 15) is 9.59 Å². The van der Waals surface area contributed by atoms with Crippen LogP contribution in [0.25, 0.3) is 16.7 Å². The highest BCUT2D eigenvalue weighted by Gasteiger charge is 2.17. The van der Waals surface area contributed by atoms with Crippen molar-refractivity contribution < 1.29 is 9.53 Å². The van der Waals surface area contributed by atoms with Crippen LogP contribution in [0.3, 0.4) is 0 Å². The van der Waals surface area contributed by atoms with E-state index in [0.717, 1.165) is 22.9 Å². The number of amides is 1. The average Bonchev–Trinajstić information content (AvgIpc) is 2.80. The third kappa shape index (κ3) is 4.86. The molecule has 0 bridgehead atoms. The largest absolute Gasteiger partial charge is 0.495 e. The highest BCUT2D eigenvalue weighted by atomic mass is 35.5. The molecule has 0 aliphatic rings. The fourth-order valence-corrected chi connectivity index (χ4v) is 4.25. The Morgan fingerprint density at radius 1 is 1.18 bits per heavy atom. The minimum atomic E-state index is -0.272. The summed E-state index contributed by atoms with van der Waals surface area (Å²) in [5.74, 6) is 0.678. The minimum Gasteiger partial charge on any atom is -0.495 e. The molecule has 0 spiro atoms. The second-order valence-electron chi connectivity index (χ2n) is 7.38. The Morgan fingerprint density at radius 2 is 1.97 bits per heavy atom. The molecule has 0 saturated heterocycles. The number of benzene rings is 2. The normalized spacial score (nSPS) is 10.9. The van der Waals surface area contributed by atoms with Gasteiger partial charge in [-0.2, -0.15) is 0 Å². The number of carbonyl (C=O) groups excluding carboxylic acids is 1. The summed E-state index contributed by atoms with van der Waals surface area (Å²) in [6.45, 7) is 3.77.